The number of halogens is 1. The Labute approximate surface area is 164 Å². The first kappa shape index (κ1) is 18.8. The fraction of sp³-hybridized carbons (Fsp3) is 0.150. The van der Waals surface area contributed by atoms with Crippen LogP contribution in [0.4, 0.5) is 10.5 Å². The van der Waals surface area contributed by atoms with Gasteiger partial charge in [-0.15, -0.1) is 0 Å². The van der Waals surface area contributed by atoms with Crippen molar-refractivity contribution >= 4 is 45.5 Å². The molecule has 1 N–H and O–H groups in total. The number of carbonyl (C=O) groups is 3. The van der Waals surface area contributed by atoms with Crippen LogP contribution in [0.3, 0.4) is 0 Å². The van der Waals surface area contributed by atoms with E-state index in [-0.39, 0.29) is 5.57 Å². The summed E-state index contributed by atoms with van der Waals surface area (Å²) in [7, 11) is 1.50. The first-order valence-electron chi connectivity index (χ1n) is 8.28. The third-order valence-electron chi connectivity index (χ3n) is 4.20. The zero-order valence-corrected chi connectivity index (χ0v) is 16.4. The first-order chi connectivity index (χ1) is 12.9. The number of rotatable bonds is 4. The van der Waals surface area contributed by atoms with Gasteiger partial charge in [-0.3, -0.25) is 14.9 Å². The molecule has 6 nitrogen and oxygen atoms in total. The number of benzene rings is 2. The van der Waals surface area contributed by atoms with Crippen molar-refractivity contribution in [2.45, 2.75) is 13.3 Å². The van der Waals surface area contributed by atoms with Gasteiger partial charge in [0.1, 0.15) is 11.3 Å². The summed E-state index contributed by atoms with van der Waals surface area (Å²) in [5.74, 6) is -0.925. The Hall–Kier alpha value is -2.93. The molecule has 7 heteroatoms. The van der Waals surface area contributed by atoms with Gasteiger partial charge in [0, 0.05) is 10.0 Å². The lowest BCUT2D eigenvalue weighted by Crippen LogP contribution is -2.54. The summed E-state index contributed by atoms with van der Waals surface area (Å²) in [5.41, 5.74) is 1.87. The zero-order valence-electron chi connectivity index (χ0n) is 14.8. The normalized spacial score (nSPS) is 15.9. The highest BCUT2D eigenvalue weighted by molar-refractivity contribution is 9.10. The quantitative estimate of drug-likeness (QED) is 0.594. The molecular weight excluding hydrogens is 412 g/mol. The standard InChI is InChI=1S/C20H17BrN2O4/c1-3-12-4-7-15(8-5-12)23-19(25)16(18(24)22-20(23)26)11-13-10-14(21)6-9-17(13)27-2/h4-11H,3H2,1-2H3,(H,22,24,26)/b16-11-. The average molecular weight is 429 g/mol. The van der Waals surface area contributed by atoms with E-state index in [1.807, 2.05) is 19.1 Å². The van der Waals surface area contributed by atoms with Crippen LogP contribution in [0, 0.1) is 0 Å². The number of carbonyl (C=O) groups excluding carboxylic acids is 3. The van der Waals surface area contributed by atoms with Crippen molar-refractivity contribution in [2.24, 2.45) is 0 Å². The molecule has 0 bridgehead atoms. The third kappa shape index (κ3) is 3.78. The van der Waals surface area contributed by atoms with E-state index in [2.05, 4.69) is 21.2 Å². The van der Waals surface area contributed by atoms with Crippen LogP contribution in [0.5, 0.6) is 5.75 Å². The molecule has 3 rings (SSSR count). The molecule has 1 saturated heterocycles. The number of aryl methyl sites for hydroxylation is 1. The molecule has 0 unspecified atom stereocenters. The molecule has 0 saturated carbocycles. The number of amides is 4. The molecular formula is C20H17BrN2O4. The molecule has 1 aliphatic heterocycles. The van der Waals surface area contributed by atoms with E-state index < -0.39 is 17.8 Å². The van der Waals surface area contributed by atoms with Crippen molar-refractivity contribution in [1.29, 1.82) is 0 Å². The lowest BCUT2D eigenvalue weighted by Gasteiger charge is -2.26. The molecule has 0 spiro atoms. The summed E-state index contributed by atoms with van der Waals surface area (Å²) in [6, 6.07) is 11.5. The van der Waals surface area contributed by atoms with E-state index in [9.17, 15) is 14.4 Å². The van der Waals surface area contributed by atoms with Gasteiger partial charge in [0.2, 0.25) is 0 Å². The molecule has 2 aromatic rings. The highest BCUT2D eigenvalue weighted by atomic mass is 79.9. The maximum absolute atomic E-state index is 12.9. The van der Waals surface area contributed by atoms with Gasteiger partial charge in [0.25, 0.3) is 11.8 Å². The van der Waals surface area contributed by atoms with E-state index in [1.165, 1.54) is 13.2 Å². The predicted molar refractivity (Wildman–Crippen MR) is 106 cm³/mol. The van der Waals surface area contributed by atoms with Gasteiger partial charge in [0.05, 0.1) is 12.8 Å². The number of urea groups is 1. The minimum absolute atomic E-state index is 0.148. The van der Waals surface area contributed by atoms with Gasteiger partial charge in [0.15, 0.2) is 0 Å². The summed E-state index contributed by atoms with van der Waals surface area (Å²) in [5, 5.41) is 2.22. The fourth-order valence-electron chi connectivity index (χ4n) is 2.75. The molecule has 138 valence electrons. The minimum Gasteiger partial charge on any atom is -0.496 e. The Bertz CT molecular complexity index is 951. The van der Waals surface area contributed by atoms with Crippen LogP contribution in [0.25, 0.3) is 6.08 Å². The number of nitrogens with zero attached hydrogens (tertiary/aromatic N) is 1. The zero-order chi connectivity index (χ0) is 19.6. The second kappa shape index (κ2) is 7.75. The molecule has 4 amide bonds. The summed E-state index contributed by atoms with van der Waals surface area (Å²) in [6.07, 6.45) is 2.26. The van der Waals surface area contributed by atoms with Crippen molar-refractivity contribution < 1.29 is 19.1 Å². The Kier molecular flexibility index (Phi) is 5.41. The molecule has 0 aromatic heterocycles. The van der Waals surface area contributed by atoms with E-state index in [0.29, 0.717) is 17.0 Å². The second-order valence-corrected chi connectivity index (χ2v) is 6.78. The number of hydrogen-bond donors (Lipinski definition) is 1. The Morgan fingerprint density at radius 1 is 1.11 bits per heavy atom. The monoisotopic (exact) mass is 428 g/mol. The number of hydrogen-bond acceptors (Lipinski definition) is 4. The highest BCUT2D eigenvalue weighted by Gasteiger charge is 2.36. The smallest absolute Gasteiger partial charge is 0.335 e. The maximum atomic E-state index is 12.9. The fourth-order valence-corrected chi connectivity index (χ4v) is 3.12. The number of nitrogens with one attached hydrogen (secondary N) is 1. The molecule has 2 aromatic carbocycles. The van der Waals surface area contributed by atoms with Crippen molar-refractivity contribution in [1.82, 2.24) is 5.32 Å². The van der Waals surface area contributed by atoms with Crippen molar-refractivity contribution in [3.8, 4) is 5.75 Å². The highest BCUT2D eigenvalue weighted by Crippen LogP contribution is 2.28. The molecule has 0 radical (unpaired) electrons. The summed E-state index contributed by atoms with van der Waals surface area (Å²) >= 11 is 3.36. The third-order valence-corrected chi connectivity index (χ3v) is 4.69. The van der Waals surface area contributed by atoms with Crippen LogP contribution in [0.2, 0.25) is 0 Å². The number of imide groups is 2. The van der Waals surface area contributed by atoms with Crippen LogP contribution < -0.4 is 15.0 Å². The largest absolute Gasteiger partial charge is 0.496 e. The number of barbiturate groups is 1. The van der Waals surface area contributed by atoms with E-state index in [0.717, 1.165) is 21.4 Å². The van der Waals surface area contributed by atoms with Gasteiger partial charge in [-0.05, 0) is 48.4 Å². The number of anilines is 1. The van der Waals surface area contributed by atoms with Crippen molar-refractivity contribution in [3.63, 3.8) is 0 Å². The molecule has 0 aliphatic carbocycles. The van der Waals surface area contributed by atoms with Crippen molar-refractivity contribution in [2.75, 3.05) is 12.0 Å². The van der Waals surface area contributed by atoms with Crippen LogP contribution in [-0.4, -0.2) is 25.0 Å². The molecule has 27 heavy (non-hydrogen) atoms. The van der Waals surface area contributed by atoms with Crippen LogP contribution in [0.15, 0.2) is 52.5 Å². The summed E-state index contributed by atoms with van der Waals surface area (Å²) < 4.78 is 6.05. The Balaban J connectivity index is 2.03. The van der Waals surface area contributed by atoms with Gasteiger partial charge >= 0.3 is 6.03 Å². The molecule has 1 heterocycles. The SMILES string of the molecule is CCc1ccc(N2C(=O)NC(=O)/C(=C/c3cc(Br)ccc3OC)C2=O)cc1. The Morgan fingerprint density at radius 2 is 1.81 bits per heavy atom. The topological polar surface area (TPSA) is 75.7 Å². The minimum atomic E-state index is -0.771. The molecule has 1 fully saturated rings. The number of ether oxygens (including phenoxy) is 1. The Morgan fingerprint density at radius 3 is 2.44 bits per heavy atom. The van der Waals surface area contributed by atoms with Crippen LogP contribution in [-0.2, 0) is 16.0 Å². The molecule has 0 atom stereocenters. The maximum Gasteiger partial charge on any atom is 0.335 e. The lowest BCUT2D eigenvalue weighted by molar-refractivity contribution is -0.122. The average Bonchev–Trinajstić information content (AvgIpc) is 2.65. The van der Waals surface area contributed by atoms with E-state index >= 15 is 0 Å². The van der Waals surface area contributed by atoms with Gasteiger partial charge in [-0.25, -0.2) is 9.69 Å². The van der Waals surface area contributed by atoms with Crippen LogP contribution >= 0.6 is 15.9 Å². The van der Waals surface area contributed by atoms with Gasteiger partial charge < -0.3 is 4.74 Å². The van der Waals surface area contributed by atoms with Gasteiger partial charge in [-0.1, -0.05) is 35.0 Å². The predicted octanol–water partition coefficient (Wildman–Crippen LogP) is 3.69. The van der Waals surface area contributed by atoms with Crippen LogP contribution in [0.1, 0.15) is 18.1 Å². The number of methoxy groups -OCH3 is 1. The second-order valence-electron chi connectivity index (χ2n) is 5.86. The first-order valence-corrected chi connectivity index (χ1v) is 9.07. The summed E-state index contributed by atoms with van der Waals surface area (Å²) in [4.78, 5) is 38.4. The lowest BCUT2D eigenvalue weighted by atomic mass is 10.1. The molecule has 1 aliphatic rings. The van der Waals surface area contributed by atoms with Crippen molar-refractivity contribution in [3.05, 3.63) is 63.6 Å². The van der Waals surface area contributed by atoms with Gasteiger partial charge in [-0.2, -0.15) is 0 Å². The van der Waals surface area contributed by atoms with E-state index in [4.69, 9.17) is 4.74 Å². The van der Waals surface area contributed by atoms with E-state index in [1.54, 1.807) is 30.3 Å². The summed E-state index contributed by atoms with van der Waals surface area (Å²) in [6.45, 7) is 2.01.